The van der Waals surface area contributed by atoms with Gasteiger partial charge in [-0.2, -0.15) is 0 Å². The molecule has 284 valence electrons. The second-order valence-corrected chi connectivity index (χ2v) is 34.1. The van der Waals surface area contributed by atoms with E-state index in [9.17, 15) is 0 Å². The Morgan fingerprint density at radius 3 is 0.809 bits per heavy atom. The molecule has 0 unspecified atom stereocenters. The topological polar surface area (TPSA) is 102 Å². The second-order valence-electron chi connectivity index (χ2n) is 12.0. The molecule has 0 N–H and O–H groups in total. The summed E-state index contributed by atoms with van der Waals surface area (Å²) in [5.41, 5.74) is 0. The van der Waals surface area contributed by atoms with Crippen molar-refractivity contribution in [2.24, 2.45) is 0 Å². The van der Waals surface area contributed by atoms with Gasteiger partial charge in [-0.3, -0.25) is 0 Å². The Labute approximate surface area is 318 Å². The first kappa shape index (κ1) is 49.2. The minimum absolute atomic E-state index is 0.389. The van der Waals surface area contributed by atoms with Crippen molar-refractivity contribution in [1.29, 1.82) is 0 Å². The van der Waals surface area contributed by atoms with Crippen molar-refractivity contribution in [3.63, 3.8) is 0 Å². The minimum Gasteiger partial charge on any atom is -0.449 e. The highest BCUT2D eigenvalue weighted by atomic mass is 28.4. The molecule has 0 aliphatic heterocycles. The molecule has 0 bridgehead atoms. The molecule has 0 aromatic carbocycles. The molecule has 0 aliphatic rings. The fourth-order valence-electron chi connectivity index (χ4n) is 4.97. The lowest BCUT2D eigenvalue weighted by molar-refractivity contribution is 0.360. The highest BCUT2D eigenvalue weighted by molar-refractivity contribution is 6.50. The predicted molar refractivity (Wildman–Crippen MR) is 228 cm³/mol. The molecule has 0 aromatic rings. The van der Waals surface area contributed by atoms with Crippen molar-refractivity contribution >= 4 is 120 Å². The van der Waals surface area contributed by atoms with Crippen LogP contribution in [0.15, 0.2) is 0 Å². The molecule has 0 heterocycles. The second kappa shape index (κ2) is 48.2. The van der Waals surface area contributed by atoms with Gasteiger partial charge >= 0.3 is 0 Å². The van der Waals surface area contributed by atoms with E-state index in [4.69, 9.17) is 45.3 Å². The van der Waals surface area contributed by atoms with E-state index in [1.807, 2.05) is 0 Å². The van der Waals surface area contributed by atoms with Crippen LogP contribution in [-0.2, 0) is 45.3 Å². The Bertz CT molecular complexity index is 520. The number of hydrogen-bond donors (Lipinski definition) is 0. The van der Waals surface area contributed by atoms with Gasteiger partial charge in [0.2, 0.25) is 0 Å². The van der Waals surface area contributed by atoms with Gasteiger partial charge in [0.25, 0.3) is 100 Å². The molecule has 0 spiro atoms. The summed E-state index contributed by atoms with van der Waals surface area (Å²) in [5, 5.41) is 0. The highest BCUT2D eigenvalue weighted by Crippen LogP contribution is 2.15. The summed E-state index contributed by atoms with van der Waals surface area (Å²) in [6.07, 6.45) is 31.6. The van der Waals surface area contributed by atoms with Crippen LogP contribution in [0.5, 0.6) is 0 Å². The van der Waals surface area contributed by atoms with Gasteiger partial charge in [0.15, 0.2) is 0 Å². The van der Waals surface area contributed by atoms with E-state index in [0.29, 0.717) is 0 Å². The van der Waals surface area contributed by atoms with E-state index in [-0.39, 0.29) is 9.76 Å². The first-order valence-corrected chi connectivity index (χ1v) is 32.6. The van der Waals surface area contributed by atoms with Crippen LogP contribution in [-0.4, -0.2) is 120 Å². The third kappa shape index (κ3) is 48.2. The molecule has 0 atom stereocenters. The highest BCUT2D eigenvalue weighted by Gasteiger charge is 1.99. The summed E-state index contributed by atoms with van der Waals surface area (Å²) < 4.78 is 60.4. The molecule has 0 aliphatic carbocycles. The van der Waals surface area contributed by atoms with Crippen LogP contribution in [0.2, 0.25) is 6.04 Å². The van der Waals surface area contributed by atoms with Crippen molar-refractivity contribution in [1.82, 2.24) is 0 Å². The number of rotatable bonds is 44. The van der Waals surface area contributed by atoms with E-state index in [2.05, 4.69) is 6.92 Å². The van der Waals surface area contributed by atoms with E-state index in [0.717, 1.165) is 10.5 Å². The van der Waals surface area contributed by atoms with Gasteiger partial charge in [0, 0.05) is 0 Å². The molecule has 47 heavy (non-hydrogen) atoms. The largest absolute Gasteiger partial charge is 0.449 e. The lowest BCUT2D eigenvalue weighted by atomic mass is 10.0. The normalized spacial score (nSPS) is 14.5. The summed E-state index contributed by atoms with van der Waals surface area (Å²) in [7, 11) is -8.79. The molecule has 0 aromatic heterocycles. The molecule has 23 heteroatoms. The quantitative estimate of drug-likeness (QED) is 0.0482. The molecule has 0 fully saturated rings. The Kier molecular flexibility index (Phi) is 50.4. The van der Waals surface area contributed by atoms with Gasteiger partial charge in [-0.1, -0.05) is 148 Å². The Morgan fingerprint density at radius 2 is 0.532 bits per heavy atom. The third-order valence-corrected chi connectivity index (χ3v) is 23.1. The van der Waals surface area contributed by atoms with Crippen molar-refractivity contribution in [3.8, 4) is 0 Å². The summed E-state index contributed by atoms with van der Waals surface area (Å²) in [4.78, 5) is 0. The molecule has 0 radical (unpaired) electrons. The van der Waals surface area contributed by atoms with Crippen LogP contribution in [0.1, 0.15) is 148 Å². The summed E-state index contributed by atoms with van der Waals surface area (Å²) in [5.74, 6) is 0. The van der Waals surface area contributed by atoms with Crippen molar-refractivity contribution < 1.29 is 45.3 Å². The predicted octanol–water partition coefficient (Wildman–Crippen LogP) is -2.46. The van der Waals surface area contributed by atoms with Gasteiger partial charge in [0.1, 0.15) is 20.2 Å². The van der Waals surface area contributed by atoms with Crippen LogP contribution in [0.4, 0.5) is 0 Å². The Balaban J connectivity index is 3.03. The van der Waals surface area contributed by atoms with Crippen molar-refractivity contribution in [2.45, 2.75) is 154 Å². The van der Waals surface area contributed by atoms with Gasteiger partial charge in [-0.25, -0.2) is 0 Å². The lowest BCUT2D eigenvalue weighted by Gasteiger charge is -2.09. The average Bonchev–Trinajstić information content (AvgIpc) is 3.08. The Morgan fingerprint density at radius 1 is 0.298 bits per heavy atom. The molecule has 0 saturated carbocycles. The number of hydrogen-bond acceptors (Lipinski definition) is 11. The zero-order valence-corrected chi connectivity index (χ0v) is 48.1. The van der Waals surface area contributed by atoms with E-state index in [1.165, 1.54) is 147 Å². The summed E-state index contributed by atoms with van der Waals surface area (Å²) >= 11 is 0. The molecule has 0 amide bonds. The first-order valence-electron chi connectivity index (χ1n) is 18.7. The van der Waals surface area contributed by atoms with Crippen LogP contribution in [0.3, 0.4) is 0 Å². The fourth-order valence-corrected chi connectivity index (χ4v) is 25.2. The SMILES string of the molecule is CCCCCCCCCCCCCCCCCCCCCCCC[SiH2]O[SiH2]O[SiH2]O[SiH2]O[SiH2]O[SiH2]O[SiH2]O[SiH2]O[SiH2]O[SiH2]O[SiH2]O[SiH3]. The summed E-state index contributed by atoms with van der Waals surface area (Å²) in [6.45, 7) is 2.30. The van der Waals surface area contributed by atoms with E-state index >= 15 is 0 Å². The minimum atomic E-state index is -0.979. The van der Waals surface area contributed by atoms with E-state index < -0.39 is 100 Å². The van der Waals surface area contributed by atoms with Gasteiger partial charge < -0.3 is 45.3 Å². The first-order chi connectivity index (χ1) is 23.4. The molecule has 11 nitrogen and oxygen atoms in total. The fraction of sp³-hybridized carbons (Fsp3) is 1.00. The molecular formula is C24H74O11Si12. The monoisotopic (exact) mass is 874 g/mol. The van der Waals surface area contributed by atoms with Crippen molar-refractivity contribution in [3.05, 3.63) is 0 Å². The third-order valence-electron chi connectivity index (χ3n) is 7.59. The van der Waals surface area contributed by atoms with Gasteiger partial charge in [-0.15, -0.1) is 0 Å². The standard InChI is InChI=1S/C24H74O11Si12/c1-2-3-4-5-6-7-8-9-10-11-12-13-14-15-16-17-18-19-20-21-22-23-24-37-26-39-28-41-30-43-32-45-34-47-35-46-33-44-31-42-29-40-27-38-25-36/h2-24,37-47H2,1,36H3. The maximum atomic E-state index is 5.85. The average molecular weight is 876 g/mol. The summed E-state index contributed by atoms with van der Waals surface area (Å²) in [6, 6.07) is 1.29. The van der Waals surface area contributed by atoms with Gasteiger partial charge in [-0.05, 0) is 6.04 Å². The maximum absolute atomic E-state index is 5.85. The smallest absolute Gasteiger partial charge is 0.286 e. The Hall–Kier alpha value is 2.16. The zero-order chi connectivity index (χ0) is 33.8. The molecular weight excluding hydrogens is 801 g/mol. The van der Waals surface area contributed by atoms with E-state index in [1.54, 1.807) is 0 Å². The van der Waals surface area contributed by atoms with Gasteiger partial charge in [0.05, 0.1) is 0 Å². The van der Waals surface area contributed by atoms with Crippen LogP contribution >= 0.6 is 0 Å². The van der Waals surface area contributed by atoms with Crippen LogP contribution in [0.25, 0.3) is 0 Å². The zero-order valence-electron chi connectivity index (χ0n) is 30.5. The van der Waals surface area contributed by atoms with Crippen molar-refractivity contribution in [2.75, 3.05) is 0 Å². The number of unbranched alkanes of at least 4 members (excludes halogenated alkanes) is 21. The maximum Gasteiger partial charge on any atom is 0.286 e. The van der Waals surface area contributed by atoms with Crippen LogP contribution < -0.4 is 0 Å². The molecule has 0 saturated heterocycles. The lowest BCUT2D eigenvalue weighted by Crippen LogP contribution is -2.21. The van der Waals surface area contributed by atoms with Crippen LogP contribution in [0, 0.1) is 0 Å². The molecule has 0 rings (SSSR count).